The normalized spacial score (nSPS) is 13.5. The summed E-state index contributed by atoms with van der Waals surface area (Å²) in [5.41, 5.74) is 12.9. The van der Waals surface area contributed by atoms with Crippen LogP contribution >= 0.6 is 22.7 Å². The molecule has 1 aliphatic rings. The van der Waals surface area contributed by atoms with Crippen molar-refractivity contribution in [2.24, 2.45) is 0 Å². The summed E-state index contributed by atoms with van der Waals surface area (Å²) in [7, 11) is -4.25. The van der Waals surface area contributed by atoms with Crippen LogP contribution in [0, 0.1) is 0 Å². The van der Waals surface area contributed by atoms with Crippen molar-refractivity contribution in [2.75, 3.05) is 9.80 Å². The summed E-state index contributed by atoms with van der Waals surface area (Å²) < 4.78 is 5.17. The maximum Gasteiger partial charge on any atom is 0.0579 e. The molecule has 0 bridgehead atoms. The molecule has 352 valence electrons. The molecule has 0 spiro atoms. The minimum absolute atomic E-state index is 0.104. The van der Waals surface area contributed by atoms with Crippen LogP contribution in [0.3, 0.4) is 0 Å². The molecule has 11 aromatic carbocycles. The molecular formula is C67H54N2S2Si2. The van der Waals surface area contributed by atoms with E-state index in [-0.39, 0.29) is 4.66 Å². The van der Waals surface area contributed by atoms with E-state index < -0.39 is 16.1 Å². The van der Waals surface area contributed by atoms with Crippen molar-refractivity contribution in [3.05, 3.63) is 230 Å². The molecule has 2 heterocycles. The first-order valence-electron chi connectivity index (χ1n) is 25.6. The SMILES string of the molecule is C[Si](C)(C)C1([Si](C)(C)C)c2cc3cc(N(c4ccccc4)c4ccc5sc6ccccc6c5c4)ccc3cc2-c2c1c1ccc(N(c3ccccc3)c3ccc4sc5ccccc5c4c3)cc1c1ccccc21. The lowest BCUT2D eigenvalue weighted by molar-refractivity contribution is 0.965. The van der Waals surface area contributed by atoms with E-state index in [4.69, 9.17) is 0 Å². The molecule has 14 rings (SSSR count). The molecule has 6 heteroatoms. The van der Waals surface area contributed by atoms with Crippen LogP contribution in [-0.4, -0.2) is 16.1 Å². The van der Waals surface area contributed by atoms with Crippen LogP contribution in [0.2, 0.25) is 39.3 Å². The van der Waals surface area contributed by atoms with Gasteiger partial charge in [0.15, 0.2) is 0 Å². The van der Waals surface area contributed by atoms with Crippen LogP contribution in [0.5, 0.6) is 0 Å². The van der Waals surface area contributed by atoms with Crippen LogP contribution in [0.4, 0.5) is 34.1 Å². The van der Waals surface area contributed by atoms with Crippen molar-refractivity contribution in [1.82, 2.24) is 0 Å². The van der Waals surface area contributed by atoms with Gasteiger partial charge in [0.2, 0.25) is 0 Å². The second-order valence-electron chi connectivity index (χ2n) is 22.1. The molecule has 1 aliphatic carbocycles. The molecule has 0 saturated carbocycles. The predicted molar refractivity (Wildman–Crippen MR) is 327 cm³/mol. The van der Waals surface area contributed by atoms with E-state index in [1.54, 1.807) is 5.56 Å². The number of nitrogens with zero attached hydrogens (tertiary/aromatic N) is 2. The molecule has 0 atom stereocenters. The number of thiophene rings is 2. The molecule has 13 aromatic rings. The fourth-order valence-corrected chi connectivity index (χ4v) is 28.7. The van der Waals surface area contributed by atoms with Gasteiger partial charge in [-0.2, -0.15) is 0 Å². The first kappa shape index (κ1) is 44.4. The van der Waals surface area contributed by atoms with E-state index in [1.807, 2.05) is 22.7 Å². The third-order valence-corrected chi connectivity index (χ3v) is 28.4. The second-order valence-corrected chi connectivity index (χ2v) is 35.3. The molecule has 0 radical (unpaired) electrons. The lowest BCUT2D eigenvalue weighted by atomic mass is 9.90. The Morgan fingerprint density at radius 3 is 1.30 bits per heavy atom. The fourth-order valence-electron chi connectivity index (χ4n) is 13.5. The monoisotopic (exact) mass is 1010 g/mol. The zero-order valence-electron chi connectivity index (χ0n) is 42.0. The van der Waals surface area contributed by atoms with Crippen molar-refractivity contribution in [3.63, 3.8) is 0 Å². The van der Waals surface area contributed by atoms with Crippen LogP contribution in [0.1, 0.15) is 11.1 Å². The van der Waals surface area contributed by atoms with E-state index in [9.17, 15) is 0 Å². The van der Waals surface area contributed by atoms with Crippen LogP contribution in [-0.2, 0) is 4.66 Å². The number of benzene rings is 11. The topological polar surface area (TPSA) is 6.48 Å². The standard InChI is InChI=1S/C67H54N2S2Si2/c1-72(2,3)67(73(4,5)6)60-39-44-37-47(68(45-19-9-7-10-20-45)49-32-35-63-57(41-49)52-24-15-17-27-61(52)70-63)30-29-43(44)38-59(60)65-54-26-14-13-23-51(54)56-40-48(31-34-55(56)66(65)67)69(46-21-11-8-12-22-46)50-33-36-64-58(42-50)53-25-16-18-28-62(53)71-64/h7-42H,1-6H3. The lowest BCUT2D eigenvalue weighted by Gasteiger charge is -2.51. The Morgan fingerprint density at radius 2 is 0.753 bits per heavy atom. The van der Waals surface area contributed by atoms with Gasteiger partial charge in [-0.15, -0.1) is 22.7 Å². The lowest BCUT2D eigenvalue weighted by Crippen LogP contribution is -2.63. The van der Waals surface area contributed by atoms with E-state index >= 15 is 0 Å². The van der Waals surface area contributed by atoms with Gasteiger partial charge in [0.25, 0.3) is 0 Å². The van der Waals surface area contributed by atoms with Gasteiger partial charge in [-0.05, 0) is 158 Å². The molecule has 2 nitrogen and oxygen atoms in total. The third-order valence-electron chi connectivity index (χ3n) is 16.0. The van der Waals surface area contributed by atoms with E-state index in [1.165, 1.54) is 89.4 Å². The smallest absolute Gasteiger partial charge is 0.0579 e. The highest BCUT2D eigenvalue weighted by Gasteiger charge is 2.60. The minimum atomic E-state index is -2.13. The van der Waals surface area contributed by atoms with Gasteiger partial charge in [0, 0.05) is 79.1 Å². The maximum absolute atomic E-state index is 2.66. The average molecular weight is 1010 g/mol. The second kappa shape index (κ2) is 16.3. The van der Waals surface area contributed by atoms with Crippen molar-refractivity contribution in [3.8, 4) is 11.1 Å². The molecule has 0 fully saturated rings. The highest BCUT2D eigenvalue weighted by molar-refractivity contribution is 7.26. The highest BCUT2D eigenvalue weighted by Crippen LogP contribution is 2.62. The average Bonchev–Trinajstić information content (AvgIpc) is 4.07. The van der Waals surface area contributed by atoms with E-state index in [2.05, 4.69) is 267 Å². The van der Waals surface area contributed by atoms with Gasteiger partial charge >= 0.3 is 0 Å². The molecular weight excluding hydrogens is 953 g/mol. The summed E-state index contributed by atoms with van der Waals surface area (Å²) in [6.07, 6.45) is 0. The number of para-hydroxylation sites is 2. The van der Waals surface area contributed by atoms with Crippen molar-refractivity contribution in [2.45, 2.75) is 43.9 Å². The Kier molecular flexibility index (Phi) is 9.93. The molecule has 0 unspecified atom stereocenters. The van der Waals surface area contributed by atoms with Gasteiger partial charge in [-0.1, -0.05) is 155 Å². The number of fused-ring (bicyclic) bond motifs is 15. The number of anilines is 6. The fraction of sp³-hybridized carbons (Fsp3) is 0.104. The maximum atomic E-state index is 2.66. The zero-order valence-corrected chi connectivity index (χ0v) is 45.6. The number of hydrogen-bond acceptors (Lipinski definition) is 4. The molecule has 2 aromatic heterocycles. The Balaban J connectivity index is 0.994. The minimum Gasteiger partial charge on any atom is -0.310 e. The van der Waals surface area contributed by atoms with Gasteiger partial charge < -0.3 is 9.80 Å². The van der Waals surface area contributed by atoms with E-state index in [0.717, 1.165) is 34.1 Å². The van der Waals surface area contributed by atoms with Crippen LogP contribution in [0.15, 0.2) is 218 Å². The third kappa shape index (κ3) is 6.63. The zero-order chi connectivity index (χ0) is 49.4. The predicted octanol–water partition coefficient (Wildman–Crippen LogP) is 20.8. The van der Waals surface area contributed by atoms with Gasteiger partial charge in [-0.25, -0.2) is 0 Å². The molecule has 0 saturated heterocycles. The highest BCUT2D eigenvalue weighted by atomic mass is 32.1. The summed E-state index contributed by atoms with van der Waals surface area (Å²) in [6.45, 7) is 15.9. The number of hydrogen-bond donors (Lipinski definition) is 0. The molecule has 0 amide bonds. The Morgan fingerprint density at radius 1 is 0.315 bits per heavy atom. The van der Waals surface area contributed by atoms with Gasteiger partial charge in [-0.3, -0.25) is 0 Å². The summed E-state index contributed by atoms with van der Waals surface area (Å²) in [5.74, 6) is 0. The first-order chi connectivity index (χ1) is 35.5. The summed E-state index contributed by atoms with van der Waals surface area (Å²) in [6, 6.07) is 82.7. The van der Waals surface area contributed by atoms with Crippen LogP contribution < -0.4 is 9.80 Å². The van der Waals surface area contributed by atoms with Gasteiger partial charge in [0.1, 0.15) is 0 Å². The Labute approximate surface area is 437 Å². The summed E-state index contributed by atoms with van der Waals surface area (Å²) >= 11 is 3.75. The van der Waals surface area contributed by atoms with E-state index in [0.29, 0.717) is 0 Å². The van der Waals surface area contributed by atoms with Crippen molar-refractivity contribution in [1.29, 1.82) is 0 Å². The quantitative estimate of drug-likeness (QED) is 0.111. The molecule has 73 heavy (non-hydrogen) atoms. The van der Waals surface area contributed by atoms with Crippen molar-refractivity contribution < 1.29 is 0 Å². The Bertz CT molecular complexity index is 4360. The van der Waals surface area contributed by atoms with Crippen molar-refractivity contribution >= 4 is 146 Å². The largest absolute Gasteiger partial charge is 0.310 e. The molecule has 0 N–H and O–H groups in total. The summed E-state index contributed by atoms with van der Waals surface area (Å²) in [5, 5.41) is 13.2. The van der Waals surface area contributed by atoms with Gasteiger partial charge in [0.05, 0.1) is 16.1 Å². The number of rotatable bonds is 8. The first-order valence-corrected chi connectivity index (χ1v) is 34.2. The molecule has 0 aliphatic heterocycles. The summed E-state index contributed by atoms with van der Waals surface area (Å²) in [4.78, 5) is 4.92. The Hall–Kier alpha value is -7.33. The van der Waals surface area contributed by atoms with Crippen LogP contribution in [0.25, 0.3) is 83.8 Å².